The smallest absolute Gasteiger partial charge is 0.140 e. The van der Waals surface area contributed by atoms with Crippen molar-refractivity contribution in [1.82, 2.24) is 0 Å². The average molecular weight is 497 g/mol. The van der Waals surface area contributed by atoms with Crippen LogP contribution >= 0.6 is 9.24 Å². The van der Waals surface area contributed by atoms with E-state index in [4.69, 9.17) is 19.6 Å². The second-order valence-electron chi connectivity index (χ2n) is 7.96. The van der Waals surface area contributed by atoms with Gasteiger partial charge in [-0.3, -0.25) is 0 Å². The molecule has 2 aromatic carbocycles. The van der Waals surface area contributed by atoms with Crippen LogP contribution in [0.3, 0.4) is 0 Å². The highest BCUT2D eigenvalue weighted by atomic mass is 31.0. The molecule has 7 nitrogen and oxygen atoms in total. The molecule has 8 heteroatoms. The van der Waals surface area contributed by atoms with Crippen LogP contribution in [0.4, 0.5) is 11.4 Å². The minimum Gasteiger partial charge on any atom is -0.496 e. The fourth-order valence-electron chi connectivity index (χ4n) is 3.42. The Balaban J connectivity index is 2.32. The average Bonchev–Trinajstić information content (AvgIpc) is 2.84. The molecule has 2 aromatic rings. The SMILES string of the molecule is C=CN=C(Nc1cccc(N(C)CCOCCOC)c1)/C(C(C)=N)=C(\P)c1ccc(C)c(OC)c1. The number of nitrogens with zero attached hydrogens (tertiary/aromatic N) is 2. The summed E-state index contributed by atoms with van der Waals surface area (Å²) in [6.45, 7) is 10.0. The van der Waals surface area contributed by atoms with E-state index in [1.807, 2.05) is 56.4 Å². The van der Waals surface area contributed by atoms with Crippen molar-refractivity contribution in [2.75, 3.05) is 57.8 Å². The van der Waals surface area contributed by atoms with E-state index >= 15 is 0 Å². The lowest BCUT2D eigenvalue weighted by molar-refractivity contribution is 0.0744. The fraction of sp³-hybridized carbons (Fsp3) is 0.333. The fourth-order valence-corrected chi connectivity index (χ4v) is 3.96. The number of benzene rings is 2. The maximum absolute atomic E-state index is 8.49. The zero-order valence-corrected chi connectivity index (χ0v) is 22.5. The zero-order chi connectivity index (χ0) is 25.8. The molecule has 0 saturated carbocycles. The van der Waals surface area contributed by atoms with Crippen LogP contribution in [0.5, 0.6) is 5.75 Å². The monoisotopic (exact) mass is 496 g/mol. The summed E-state index contributed by atoms with van der Waals surface area (Å²) in [5, 5.41) is 12.7. The first kappa shape index (κ1) is 28.2. The molecule has 1 unspecified atom stereocenters. The van der Waals surface area contributed by atoms with Crippen LogP contribution in [0.2, 0.25) is 0 Å². The normalized spacial score (nSPS) is 12.1. The molecule has 1 atom stereocenters. The van der Waals surface area contributed by atoms with Crippen molar-refractivity contribution in [3.8, 4) is 5.75 Å². The van der Waals surface area contributed by atoms with Crippen molar-refractivity contribution < 1.29 is 14.2 Å². The topological polar surface area (TPSA) is 79.2 Å². The van der Waals surface area contributed by atoms with Gasteiger partial charge in [0.25, 0.3) is 0 Å². The molecule has 35 heavy (non-hydrogen) atoms. The molecule has 188 valence electrons. The van der Waals surface area contributed by atoms with Gasteiger partial charge in [-0.25, -0.2) is 4.99 Å². The number of aliphatic imine (C=N–C) groups is 1. The molecule has 0 radical (unpaired) electrons. The van der Waals surface area contributed by atoms with Gasteiger partial charge in [-0.15, -0.1) is 9.24 Å². The minimum atomic E-state index is 0.379. The van der Waals surface area contributed by atoms with Gasteiger partial charge in [-0.2, -0.15) is 0 Å². The predicted octanol–water partition coefficient (Wildman–Crippen LogP) is 5.38. The summed E-state index contributed by atoms with van der Waals surface area (Å²) in [6.07, 6.45) is 1.48. The third kappa shape index (κ3) is 8.32. The maximum atomic E-state index is 8.49. The Morgan fingerprint density at radius 3 is 2.60 bits per heavy atom. The summed E-state index contributed by atoms with van der Waals surface area (Å²) in [4.78, 5) is 6.61. The Hall–Kier alpha value is -2.99. The first-order chi connectivity index (χ1) is 16.8. The van der Waals surface area contributed by atoms with Crippen molar-refractivity contribution in [3.63, 3.8) is 0 Å². The van der Waals surface area contributed by atoms with Gasteiger partial charge >= 0.3 is 0 Å². The first-order valence-corrected chi connectivity index (χ1v) is 11.9. The number of amidine groups is 1. The molecule has 0 bridgehead atoms. The van der Waals surface area contributed by atoms with E-state index in [9.17, 15) is 0 Å². The second-order valence-corrected chi connectivity index (χ2v) is 8.54. The standard InChI is InChI=1S/C27H37N4O3P/c1-7-29-27(25(20(3)28)26(35)21-12-11-19(2)24(17-21)33-6)30-22-9-8-10-23(18-22)31(4)13-14-34-16-15-32-5/h7-12,17-18,28H,1,13-16,35H2,2-6H3,(H,29,30)/b26-25-,28-20?. The third-order valence-electron chi connectivity index (χ3n) is 5.37. The molecule has 0 fully saturated rings. The molecule has 0 spiro atoms. The number of ether oxygens (including phenoxy) is 3. The lowest BCUT2D eigenvalue weighted by Gasteiger charge is -2.21. The lowest BCUT2D eigenvalue weighted by atomic mass is 10.0. The molecule has 0 amide bonds. The maximum Gasteiger partial charge on any atom is 0.140 e. The highest BCUT2D eigenvalue weighted by Crippen LogP contribution is 2.31. The summed E-state index contributed by atoms with van der Waals surface area (Å²) < 4.78 is 16.1. The van der Waals surface area contributed by atoms with Gasteiger partial charge in [-0.1, -0.05) is 24.8 Å². The van der Waals surface area contributed by atoms with Gasteiger partial charge in [0.1, 0.15) is 11.6 Å². The Labute approximate surface area is 211 Å². The number of anilines is 2. The van der Waals surface area contributed by atoms with Crippen molar-refractivity contribution in [2.45, 2.75) is 13.8 Å². The van der Waals surface area contributed by atoms with Crippen LogP contribution in [0, 0.1) is 12.3 Å². The van der Waals surface area contributed by atoms with Crippen molar-refractivity contribution in [2.24, 2.45) is 4.99 Å². The molecule has 0 heterocycles. The number of hydrogen-bond acceptors (Lipinski definition) is 6. The molecule has 0 aliphatic carbocycles. The molecule has 0 aromatic heterocycles. The van der Waals surface area contributed by atoms with Gasteiger partial charge in [0.15, 0.2) is 0 Å². The summed E-state index contributed by atoms with van der Waals surface area (Å²) in [6, 6.07) is 14.0. The van der Waals surface area contributed by atoms with Crippen LogP contribution in [-0.4, -0.2) is 59.2 Å². The van der Waals surface area contributed by atoms with Crippen LogP contribution in [0.15, 0.2) is 65.8 Å². The van der Waals surface area contributed by atoms with Gasteiger partial charge in [0, 0.05) is 49.6 Å². The van der Waals surface area contributed by atoms with Crippen molar-refractivity contribution >= 4 is 37.5 Å². The first-order valence-electron chi connectivity index (χ1n) is 11.4. The Bertz CT molecular complexity index is 1080. The zero-order valence-electron chi connectivity index (χ0n) is 21.4. The largest absolute Gasteiger partial charge is 0.496 e. The minimum absolute atomic E-state index is 0.379. The van der Waals surface area contributed by atoms with E-state index in [-0.39, 0.29) is 0 Å². The highest BCUT2D eigenvalue weighted by Gasteiger charge is 2.16. The molecule has 2 rings (SSSR count). The summed E-state index contributed by atoms with van der Waals surface area (Å²) >= 11 is 0. The van der Waals surface area contributed by atoms with Crippen LogP contribution in [-0.2, 0) is 9.47 Å². The molecule has 0 aliphatic rings. The number of aryl methyl sites for hydroxylation is 1. The molecule has 0 aliphatic heterocycles. The van der Waals surface area contributed by atoms with Gasteiger partial charge in [0.2, 0.25) is 0 Å². The molecular weight excluding hydrogens is 459 g/mol. The molecule has 0 saturated heterocycles. The van der Waals surface area contributed by atoms with Crippen LogP contribution in [0.1, 0.15) is 18.1 Å². The number of likely N-dealkylation sites (N-methyl/N-ethyl adjacent to an activating group) is 1. The van der Waals surface area contributed by atoms with E-state index in [2.05, 4.69) is 31.0 Å². The van der Waals surface area contributed by atoms with Gasteiger partial charge in [-0.05, 0) is 54.6 Å². The molecule has 2 N–H and O–H groups in total. The van der Waals surface area contributed by atoms with E-state index in [1.165, 1.54) is 6.20 Å². The summed E-state index contributed by atoms with van der Waals surface area (Å²) in [5.41, 5.74) is 4.92. The van der Waals surface area contributed by atoms with E-state index in [0.29, 0.717) is 36.9 Å². The molecular formula is C27H37N4O3P. The number of methoxy groups -OCH3 is 2. The van der Waals surface area contributed by atoms with E-state index < -0.39 is 0 Å². The number of nitrogens with one attached hydrogen (secondary N) is 2. The summed E-state index contributed by atoms with van der Waals surface area (Å²) in [5.74, 6) is 1.33. The Morgan fingerprint density at radius 2 is 1.94 bits per heavy atom. The second kappa shape index (κ2) is 14.4. The van der Waals surface area contributed by atoms with Gasteiger partial charge in [0.05, 0.1) is 26.9 Å². The number of rotatable bonds is 13. The van der Waals surface area contributed by atoms with Gasteiger partial charge < -0.3 is 29.8 Å². The Morgan fingerprint density at radius 1 is 1.17 bits per heavy atom. The van der Waals surface area contributed by atoms with Crippen molar-refractivity contribution in [1.29, 1.82) is 5.41 Å². The summed E-state index contributed by atoms with van der Waals surface area (Å²) in [7, 11) is 8.10. The van der Waals surface area contributed by atoms with Crippen LogP contribution in [0.25, 0.3) is 5.31 Å². The third-order valence-corrected chi connectivity index (χ3v) is 6.00. The Kier molecular flexibility index (Phi) is 11.6. The predicted molar refractivity (Wildman–Crippen MR) is 151 cm³/mol. The lowest BCUT2D eigenvalue weighted by Crippen LogP contribution is -2.24. The number of hydrogen-bond donors (Lipinski definition) is 2. The quantitative estimate of drug-likeness (QED) is 0.168. The van der Waals surface area contributed by atoms with Crippen molar-refractivity contribution in [3.05, 3.63) is 71.9 Å². The van der Waals surface area contributed by atoms with Crippen LogP contribution < -0.4 is 15.0 Å². The van der Waals surface area contributed by atoms with E-state index in [1.54, 1.807) is 21.1 Å². The highest BCUT2D eigenvalue weighted by molar-refractivity contribution is 7.31. The van der Waals surface area contributed by atoms with E-state index in [0.717, 1.165) is 40.1 Å².